The second-order valence-electron chi connectivity index (χ2n) is 5.04. The minimum Gasteiger partial charge on any atom is -0.310 e. The van der Waals surface area contributed by atoms with Gasteiger partial charge in [0.05, 0.1) is 5.56 Å². The molecule has 0 saturated carbocycles. The Labute approximate surface area is 122 Å². The Morgan fingerprint density at radius 1 is 1.00 bits per heavy atom. The van der Waals surface area contributed by atoms with E-state index in [4.69, 9.17) is 0 Å². The van der Waals surface area contributed by atoms with E-state index in [9.17, 15) is 13.2 Å². The summed E-state index contributed by atoms with van der Waals surface area (Å²) in [6, 6.07) is 8.50. The first-order chi connectivity index (χ1) is 10.0. The molecule has 0 aromatic heterocycles. The highest BCUT2D eigenvalue weighted by atomic mass is 19.1. The molecule has 0 aliphatic rings. The van der Waals surface area contributed by atoms with E-state index in [2.05, 4.69) is 12.2 Å². The van der Waals surface area contributed by atoms with Gasteiger partial charge in [-0.05, 0) is 31.0 Å². The first-order valence-corrected chi connectivity index (χ1v) is 7.01. The maximum Gasteiger partial charge on any atom is 0.136 e. The molecule has 1 N–H and O–H groups in total. The van der Waals surface area contributed by atoms with Gasteiger partial charge in [-0.1, -0.05) is 31.2 Å². The average molecular weight is 293 g/mol. The highest BCUT2D eigenvalue weighted by Gasteiger charge is 2.14. The zero-order chi connectivity index (χ0) is 15.4. The van der Waals surface area contributed by atoms with Crippen molar-refractivity contribution in [2.24, 2.45) is 0 Å². The van der Waals surface area contributed by atoms with Crippen LogP contribution in [0.1, 0.15) is 31.9 Å². The Kier molecular flexibility index (Phi) is 5.02. The van der Waals surface area contributed by atoms with Gasteiger partial charge in [0.2, 0.25) is 0 Å². The molecule has 0 saturated heterocycles. The van der Waals surface area contributed by atoms with E-state index in [1.165, 1.54) is 0 Å². The van der Waals surface area contributed by atoms with E-state index in [0.29, 0.717) is 17.7 Å². The first-order valence-electron chi connectivity index (χ1n) is 7.01. The molecule has 0 aliphatic carbocycles. The molecule has 0 aliphatic heterocycles. The van der Waals surface area contributed by atoms with Crippen molar-refractivity contribution in [1.82, 2.24) is 5.32 Å². The lowest BCUT2D eigenvalue weighted by Gasteiger charge is -2.14. The Balaban J connectivity index is 2.27. The standard InChI is InChI=1S/C17H18F3N/c1-3-8-21-11(2)12-4-6-13(7-5-12)17-15(19)9-14(18)10-16(17)20/h4-7,9-11,21H,3,8H2,1-2H3. The molecule has 0 radical (unpaired) electrons. The molecule has 4 heteroatoms. The van der Waals surface area contributed by atoms with Gasteiger partial charge in [-0.25, -0.2) is 13.2 Å². The largest absolute Gasteiger partial charge is 0.310 e. The van der Waals surface area contributed by atoms with Crippen LogP contribution in [0.4, 0.5) is 13.2 Å². The number of hydrogen-bond donors (Lipinski definition) is 1. The third-order valence-electron chi connectivity index (χ3n) is 3.41. The van der Waals surface area contributed by atoms with Gasteiger partial charge in [-0.15, -0.1) is 0 Å². The Bertz CT molecular complexity index is 585. The van der Waals surface area contributed by atoms with Crippen molar-refractivity contribution in [3.63, 3.8) is 0 Å². The van der Waals surface area contributed by atoms with Crippen LogP contribution in [0.15, 0.2) is 36.4 Å². The average Bonchev–Trinajstić information content (AvgIpc) is 2.44. The van der Waals surface area contributed by atoms with E-state index in [1.54, 1.807) is 12.1 Å². The second-order valence-corrected chi connectivity index (χ2v) is 5.04. The van der Waals surface area contributed by atoms with Gasteiger partial charge < -0.3 is 5.32 Å². The fourth-order valence-electron chi connectivity index (χ4n) is 2.24. The van der Waals surface area contributed by atoms with Crippen molar-refractivity contribution in [1.29, 1.82) is 0 Å². The van der Waals surface area contributed by atoms with Gasteiger partial charge in [0.15, 0.2) is 0 Å². The number of rotatable bonds is 5. The van der Waals surface area contributed by atoms with Crippen LogP contribution in [-0.4, -0.2) is 6.54 Å². The van der Waals surface area contributed by atoms with Gasteiger partial charge in [0, 0.05) is 18.2 Å². The van der Waals surface area contributed by atoms with E-state index in [0.717, 1.165) is 18.5 Å². The van der Waals surface area contributed by atoms with E-state index in [1.807, 2.05) is 19.1 Å². The fourth-order valence-corrected chi connectivity index (χ4v) is 2.24. The third-order valence-corrected chi connectivity index (χ3v) is 3.41. The summed E-state index contributed by atoms with van der Waals surface area (Å²) in [7, 11) is 0. The van der Waals surface area contributed by atoms with Crippen molar-refractivity contribution < 1.29 is 13.2 Å². The molecule has 0 spiro atoms. The quantitative estimate of drug-likeness (QED) is 0.832. The van der Waals surface area contributed by atoms with Crippen LogP contribution in [0.25, 0.3) is 11.1 Å². The van der Waals surface area contributed by atoms with Crippen LogP contribution >= 0.6 is 0 Å². The monoisotopic (exact) mass is 293 g/mol. The number of halogens is 3. The number of hydrogen-bond acceptors (Lipinski definition) is 1. The molecule has 0 heterocycles. The zero-order valence-electron chi connectivity index (χ0n) is 12.1. The predicted octanol–water partition coefficient (Wildman–Crippen LogP) is 4.83. The van der Waals surface area contributed by atoms with Crippen LogP contribution in [0.3, 0.4) is 0 Å². The summed E-state index contributed by atoms with van der Waals surface area (Å²) in [5.41, 5.74) is 1.24. The zero-order valence-corrected chi connectivity index (χ0v) is 12.1. The molecule has 21 heavy (non-hydrogen) atoms. The van der Waals surface area contributed by atoms with Gasteiger partial charge in [0.1, 0.15) is 17.5 Å². The fraction of sp³-hybridized carbons (Fsp3) is 0.294. The van der Waals surface area contributed by atoms with Gasteiger partial charge in [-0.2, -0.15) is 0 Å². The lowest BCUT2D eigenvalue weighted by Crippen LogP contribution is -2.19. The molecule has 1 nitrogen and oxygen atoms in total. The SMILES string of the molecule is CCCNC(C)c1ccc(-c2c(F)cc(F)cc2F)cc1. The molecule has 0 fully saturated rings. The van der Waals surface area contributed by atoms with E-state index >= 15 is 0 Å². The van der Waals surface area contributed by atoms with Crippen LogP contribution in [-0.2, 0) is 0 Å². The molecule has 1 atom stereocenters. The summed E-state index contributed by atoms with van der Waals surface area (Å²) in [4.78, 5) is 0. The summed E-state index contributed by atoms with van der Waals surface area (Å²) >= 11 is 0. The lowest BCUT2D eigenvalue weighted by molar-refractivity contribution is 0.548. The summed E-state index contributed by atoms with van der Waals surface area (Å²) in [6.45, 7) is 5.02. The minimum atomic E-state index is -0.914. The van der Waals surface area contributed by atoms with Crippen molar-refractivity contribution >= 4 is 0 Å². The predicted molar refractivity (Wildman–Crippen MR) is 78.5 cm³/mol. The summed E-state index contributed by atoms with van der Waals surface area (Å²) < 4.78 is 40.4. The lowest BCUT2D eigenvalue weighted by atomic mass is 10.0. The molecule has 2 aromatic carbocycles. The highest BCUT2D eigenvalue weighted by Crippen LogP contribution is 2.28. The van der Waals surface area contributed by atoms with Crippen molar-refractivity contribution in [3.05, 3.63) is 59.4 Å². The summed E-state index contributed by atoms with van der Waals surface area (Å²) in [6.07, 6.45) is 1.04. The molecule has 0 bridgehead atoms. The number of nitrogens with one attached hydrogen (secondary N) is 1. The molecule has 1 unspecified atom stereocenters. The highest BCUT2D eigenvalue weighted by molar-refractivity contribution is 5.65. The Hall–Kier alpha value is -1.81. The maximum atomic E-state index is 13.7. The topological polar surface area (TPSA) is 12.0 Å². The van der Waals surface area contributed by atoms with Crippen LogP contribution in [0.5, 0.6) is 0 Å². The Morgan fingerprint density at radius 2 is 1.57 bits per heavy atom. The van der Waals surface area contributed by atoms with Gasteiger partial charge in [0.25, 0.3) is 0 Å². The van der Waals surface area contributed by atoms with Gasteiger partial charge in [-0.3, -0.25) is 0 Å². The van der Waals surface area contributed by atoms with E-state index < -0.39 is 17.5 Å². The molecule has 2 aromatic rings. The molecule has 2 rings (SSSR count). The van der Waals surface area contributed by atoms with Crippen LogP contribution < -0.4 is 5.32 Å². The normalized spacial score (nSPS) is 12.4. The summed E-state index contributed by atoms with van der Waals surface area (Å²) in [5, 5.41) is 3.34. The molecular formula is C17H18F3N. The number of benzene rings is 2. The second kappa shape index (κ2) is 6.76. The molecule has 0 amide bonds. The van der Waals surface area contributed by atoms with Crippen LogP contribution in [0, 0.1) is 17.5 Å². The van der Waals surface area contributed by atoms with Crippen LogP contribution in [0.2, 0.25) is 0 Å². The van der Waals surface area contributed by atoms with Crippen molar-refractivity contribution in [2.75, 3.05) is 6.54 Å². The van der Waals surface area contributed by atoms with E-state index in [-0.39, 0.29) is 11.6 Å². The molecular weight excluding hydrogens is 275 g/mol. The van der Waals surface area contributed by atoms with Crippen molar-refractivity contribution in [2.45, 2.75) is 26.3 Å². The molecule has 112 valence electrons. The maximum absolute atomic E-state index is 13.7. The third kappa shape index (κ3) is 3.64. The first kappa shape index (κ1) is 15.6. The Morgan fingerprint density at radius 3 is 2.10 bits per heavy atom. The van der Waals surface area contributed by atoms with Crippen molar-refractivity contribution in [3.8, 4) is 11.1 Å². The smallest absolute Gasteiger partial charge is 0.136 e. The van der Waals surface area contributed by atoms with Gasteiger partial charge >= 0.3 is 0 Å². The minimum absolute atomic E-state index is 0.168. The summed E-state index contributed by atoms with van der Waals surface area (Å²) in [5.74, 6) is -2.70.